The van der Waals surface area contributed by atoms with Crippen molar-refractivity contribution >= 4 is 17.7 Å². The van der Waals surface area contributed by atoms with E-state index in [-0.39, 0.29) is 17.8 Å². The first-order valence-corrected chi connectivity index (χ1v) is 10.3. The lowest BCUT2D eigenvalue weighted by molar-refractivity contribution is -0.129. The zero-order valence-electron chi connectivity index (χ0n) is 14.7. The number of carbonyl (C=O) groups excluding carboxylic acids is 1. The fourth-order valence-electron chi connectivity index (χ4n) is 3.85. The standard InChI is InChI=1S/C19H23FN4OS/c20-14-7-9-15(10-8-14)26-13-18(25)23-12-4-5-16(23)19-22-21-17-6-2-1-3-11-24(17)19/h7-10,16H,1-6,11-13H2. The van der Waals surface area contributed by atoms with Gasteiger partial charge in [-0.1, -0.05) is 6.42 Å². The Labute approximate surface area is 157 Å². The molecule has 0 radical (unpaired) electrons. The molecule has 2 aliphatic heterocycles. The number of carbonyl (C=O) groups is 1. The van der Waals surface area contributed by atoms with Crippen LogP contribution in [0, 0.1) is 5.82 Å². The summed E-state index contributed by atoms with van der Waals surface area (Å²) in [6.45, 7) is 1.73. The van der Waals surface area contributed by atoms with E-state index in [9.17, 15) is 9.18 Å². The maximum absolute atomic E-state index is 13.0. The molecule has 5 nitrogen and oxygen atoms in total. The van der Waals surface area contributed by atoms with Crippen molar-refractivity contribution in [2.75, 3.05) is 12.3 Å². The average Bonchev–Trinajstić information content (AvgIpc) is 3.22. The Balaban J connectivity index is 1.45. The molecule has 26 heavy (non-hydrogen) atoms. The molecule has 0 spiro atoms. The Morgan fingerprint density at radius 2 is 1.96 bits per heavy atom. The molecule has 0 aliphatic carbocycles. The maximum atomic E-state index is 13.0. The highest BCUT2D eigenvalue weighted by Crippen LogP contribution is 2.33. The highest BCUT2D eigenvalue weighted by atomic mass is 32.2. The Hall–Kier alpha value is -1.89. The van der Waals surface area contributed by atoms with Crippen LogP contribution in [0.2, 0.25) is 0 Å². The van der Waals surface area contributed by atoms with E-state index in [4.69, 9.17) is 0 Å². The molecule has 1 saturated heterocycles. The van der Waals surface area contributed by atoms with Crippen molar-refractivity contribution in [1.29, 1.82) is 0 Å². The van der Waals surface area contributed by atoms with Crippen LogP contribution in [0.15, 0.2) is 29.2 Å². The van der Waals surface area contributed by atoms with Crippen molar-refractivity contribution in [1.82, 2.24) is 19.7 Å². The van der Waals surface area contributed by atoms with Gasteiger partial charge in [0.25, 0.3) is 0 Å². The number of hydrogen-bond donors (Lipinski definition) is 0. The molecule has 1 amide bonds. The second-order valence-electron chi connectivity index (χ2n) is 6.92. The lowest BCUT2D eigenvalue weighted by atomic mass is 10.2. The van der Waals surface area contributed by atoms with Crippen molar-refractivity contribution in [3.63, 3.8) is 0 Å². The molecule has 4 rings (SSSR count). The third-order valence-corrected chi connectivity index (χ3v) is 6.18. The van der Waals surface area contributed by atoms with Crippen LogP contribution in [0.25, 0.3) is 0 Å². The smallest absolute Gasteiger partial charge is 0.233 e. The number of amides is 1. The third-order valence-electron chi connectivity index (χ3n) is 5.19. The first-order chi connectivity index (χ1) is 12.7. The van der Waals surface area contributed by atoms with Gasteiger partial charge in [-0.3, -0.25) is 4.79 Å². The second-order valence-corrected chi connectivity index (χ2v) is 7.97. The van der Waals surface area contributed by atoms with E-state index in [0.717, 1.165) is 55.3 Å². The number of thioether (sulfide) groups is 1. The van der Waals surface area contributed by atoms with Crippen LogP contribution in [0.5, 0.6) is 0 Å². The minimum atomic E-state index is -0.257. The Bertz CT molecular complexity index is 776. The summed E-state index contributed by atoms with van der Waals surface area (Å²) in [6, 6.07) is 6.32. The van der Waals surface area contributed by atoms with Gasteiger partial charge < -0.3 is 9.47 Å². The van der Waals surface area contributed by atoms with Gasteiger partial charge in [-0.15, -0.1) is 22.0 Å². The number of nitrogens with zero attached hydrogens (tertiary/aromatic N) is 4. The zero-order chi connectivity index (χ0) is 17.9. The van der Waals surface area contributed by atoms with Crippen LogP contribution < -0.4 is 0 Å². The summed E-state index contributed by atoms with van der Waals surface area (Å²) in [7, 11) is 0. The maximum Gasteiger partial charge on any atom is 0.233 e. The molecule has 0 N–H and O–H groups in total. The van der Waals surface area contributed by atoms with Crippen LogP contribution in [0.4, 0.5) is 4.39 Å². The quantitative estimate of drug-likeness (QED) is 0.768. The Morgan fingerprint density at radius 3 is 2.81 bits per heavy atom. The Morgan fingerprint density at radius 1 is 1.12 bits per heavy atom. The summed E-state index contributed by atoms with van der Waals surface area (Å²) >= 11 is 1.45. The number of benzene rings is 1. The van der Waals surface area contributed by atoms with Crippen molar-refractivity contribution in [2.45, 2.75) is 56.0 Å². The summed E-state index contributed by atoms with van der Waals surface area (Å²) in [5.41, 5.74) is 0. The van der Waals surface area contributed by atoms with Crippen molar-refractivity contribution in [3.05, 3.63) is 41.7 Å². The van der Waals surface area contributed by atoms with E-state index in [0.29, 0.717) is 5.75 Å². The van der Waals surface area contributed by atoms with E-state index < -0.39 is 0 Å². The normalized spacial score (nSPS) is 20.0. The molecule has 1 fully saturated rings. The summed E-state index contributed by atoms with van der Waals surface area (Å²) in [6.07, 6.45) is 6.47. The molecular weight excluding hydrogens is 351 g/mol. The van der Waals surface area contributed by atoms with Gasteiger partial charge in [0.1, 0.15) is 11.6 Å². The van der Waals surface area contributed by atoms with Crippen molar-refractivity contribution < 1.29 is 9.18 Å². The highest BCUT2D eigenvalue weighted by Gasteiger charge is 2.34. The first-order valence-electron chi connectivity index (χ1n) is 9.32. The molecule has 7 heteroatoms. The van der Waals surface area contributed by atoms with Gasteiger partial charge in [0.05, 0.1) is 11.8 Å². The minimum absolute atomic E-state index is 0.0377. The number of rotatable bonds is 4. The summed E-state index contributed by atoms with van der Waals surface area (Å²) < 4.78 is 15.3. The van der Waals surface area contributed by atoms with E-state index in [2.05, 4.69) is 14.8 Å². The molecule has 0 saturated carbocycles. The summed E-state index contributed by atoms with van der Waals surface area (Å²) in [5.74, 6) is 2.25. The number of hydrogen-bond acceptors (Lipinski definition) is 4. The number of halogens is 1. The Kier molecular flexibility index (Phi) is 5.24. The number of likely N-dealkylation sites (tertiary alicyclic amines) is 1. The van der Waals surface area contributed by atoms with E-state index in [1.165, 1.54) is 36.7 Å². The van der Waals surface area contributed by atoms with Crippen LogP contribution in [0.3, 0.4) is 0 Å². The van der Waals surface area contributed by atoms with E-state index >= 15 is 0 Å². The largest absolute Gasteiger partial charge is 0.332 e. The number of aryl methyl sites for hydroxylation is 1. The highest BCUT2D eigenvalue weighted by molar-refractivity contribution is 8.00. The molecule has 2 aliphatic rings. The molecule has 138 valence electrons. The van der Waals surface area contributed by atoms with Gasteiger partial charge in [0.2, 0.25) is 5.91 Å². The molecule has 1 aromatic heterocycles. The SMILES string of the molecule is O=C(CSc1ccc(F)cc1)N1CCCC1c1nnc2n1CCCCC2. The van der Waals surface area contributed by atoms with E-state index in [1.54, 1.807) is 12.1 Å². The minimum Gasteiger partial charge on any atom is -0.332 e. The lowest BCUT2D eigenvalue weighted by Gasteiger charge is -2.24. The predicted molar refractivity (Wildman–Crippen MR) is 98.4 cm³/mol. The number of fused-ring (bicyclic) bond motifs is 1. The van der Waals surface area contributed by atoms with Crippen molar-refractivity contribution in [3.8, 4) is 0 Å². The van der Waals surface area contributed by atoms with Crippen LogP contribution in [0.1, 0.15) is 49.8 Å². The molecule has 3 heterocycles. The second kappa shape index (κ2) is 7.78. The molecule has 2 aromatic rings. The van der Waals surface area contributed by atoms with E-state index in [1.807, 2.05) is 4.90 Å². The first kappa shape index (κ1) is 17.5. The molecule has 1 atom stereocenters. The fourth-order valence-corrected chi connectivity index (χ4v) is 4.63. The van der Waals surface area contributed by atoms with Crippen LogP contribution >= 0.6 is 11.8 Å². The molecule has 1 unspecified atom stereocenters. The predicted octanol–water partition coefficient (Wildman–Crippen LogP) is 3.60. The van der Waals surface area contributed by atoms with Gasteiger partial charge >= 0.3 is 0 Å². The van der Waals surface area contributed by atoms with Crippen LogP contribution in [-0.2, 0) is 17.8 Å². The molecule has 1 aromatic carbocycles. The van der Waals surface area contributed by atoms with Crippen molar-refractivity contribution in [2.24, 2.45) is 0 Å². The third kappa shape index (κ3) is 3.63. The monoisotopic (exact) mass is 374 g/mol. The van der Waals surface area contributed by atoms with Crippen LogP contribution in [-0.4, -0.2) is 37.9 Å². The van der Waals surface area contributed by atoms with Gasteiger partial charge in [0, 0.05) is 24.4 Å². The summed E-state index contributed by atoms with van der Waals surface area (Å²) in [4.78, 5) is 15.7. The van der Waals surface area contributed by atoms with Gasteiger partial charge in [-0.25, -0.2) is 4.39 Å². The molecular formula is C19H23FN4OS. The topological polar surface area (TPSA) is 51.0 Å². The molecule has 0 bridgehead atoms. The van der Waals surface area contributed by atoms with Gasteiger partial charge in [-0.05, 0) is 49.9 Å². The number of aromatic nitrogens is 3. The average molecular weight is 374 g/mol. The summed E-state index contributed by atoms with van der Waals surface area (Å²) in [5, 5.41) is 8.84. The van der Waals surface area contributed by atoms with Gasteiger partial charge in [-0.2, -0.15) is 0 Å². The van der Waals surface area contributed by atoms with Gasteiger partial charge in [0.15, 0.2) is 5.82 Å². The lowest BCUT2D eigenvalue weighted by Crippen LogP contribution is -2.33. The fraction of sp³-hybridized carbons (Fsp3) is 0.526. The zero-order valence-corrected chi connectivity index (χ0v) is 15.6.